The van der Waals surface area contributed by atoms with E-state index in [-0.39, 0.29) is 29.7 Å². The lowest BCUT2D eigenvalue weighted by molar-refractivity contribution is -0.384. The van der Waals surface area contributed by atoms with E-state index in [0.29, 0.717) is 36.3 Å². The molecule has 2 aliphatic rings. The second kappa shape index (κ2) is 9.29. The second-order valence-electron chi connectivity index (χ2n) is 8.95. The smallest absolute Gasteiger partial charge is 0.295 e. The van der Waals surface area contributed by atoms with Gasteiger partial charge in [-0.25, -0.2) is 4.98 Å². The Bertz CT molecular complexity index is 1380. The molecule has 3 heterocycles. The van der Waals surface area contributed by atoms with Gasteiger partial charge in [0.05, 0.1) is 22.9 Å². The Labute approximate surface area is 206 Å². The van der Waals surface area contributed by atoms with E-state index < -0.39 is 22.7 Å². The lowest BCUT2D eigenvalue weighted by Gasteiger charge is -2.25. The quantitative estimate of drug-likeness (QED) is 0.177. The number of aryl methyl sites for hydroxylation is 1. The Morgan fingerprint density at radius 3 is 2.81 bits per heavy atom. The Morgan fingerprint density at radius 2 is 2.06 bits per heavy atom. The van der Waals surface area contributed by atoms with E-state index in [0.717, 1.165) is 5.56 Å². The minimum absolute atomic E-state index is 0.00309. The number of aliphatic hydroxyl groups excluding tert-OH is 1. The molecule has 3 aromatic rings. The van der Waals surface area contributed by atoms with Crippen LogP contribution in [-0.4, -0.2) is 48.8 Å². The molecule has 36 heavy (non-hydrogen) atoms. The van der Waals surface area contributed by atoms with Crippen molar-refractivity contribution in [3.05, 3.63) is 93.6 Å². The fourth-order valence-corrected chi connectivity index (χ4v) is 4.83. The van der Waals surface area contributed by atoms with Crippen LogP contribution in [-0.2, 0) is 22.6 Å². The first kappa shape index (κ1) is 23.3. The molecule has 10 nitrogen and oxygen atoms in total. The summed E-state index contributed by atoms with van der Waals surface area (Å²) in [6.45, 7) is 2.72. The van der Waals surface area contributed by atoms with E-state index >= 15 is 0 Å². The summed E-state index contributed by atoms with van der Waals surface area (Å²) in [5, 5.41) is 22.7. The van der Waals surface area contributed by atoms with Crippen LogP contribution < -0.4 is 4.74 Å². The van der Waals surface area contributed by atoms with Gasteiger partial charge in [-0.3, -0.25) is 19.7 Å². The summed E-state index contributed by atoms with van der Waals surface area (Å²) in [5.41, 5.74) is 1.41. The number of Topliss-reactive ketones (excluding diaryl/α,β-unsaturated/α-hetero) is 1. The predicted octanol–water partition coefficient (Wildman–Crippen LogP) is 3.63. The number of benzene rings is 2. The Morgan fingerprint density at radius 1 is 1.22 bits per heavy atom. The van der Waals surface area contributed by atoms with Crippen LogP contribution in [0.25, 0.3) is 5.76 Å². The summed E-state index contributed by atoms with van der Waals surface area (Å²) < 4.78 is 7.58. The summed E-state index contributed by atoms with van der Waals surface area (Å²) in [7, 11) is 0. The van der Waals surface area contributed by atoms with E-state index in [1.165, 1.54) is 23.1 Å². The van der Waals surface area contributed by atoms with Crippen LogP contribution >= 0.6 is 0 Å². The molecule has 0 spiro atoms. The Balaban J connectivity index is 1.56. The zero-order valence-electron chi connectivity index (χ0n) is 19.5. The normalized spacial score (nSPS) is 20.4. The van der Waals surface area contributed by atoms with Crippen molar-refractivity contribution in [2.75, 3.05) is 6.54 Å². The molecule has 1 saturated heterocycles. The number of ether oxygens (including phenoxy) is 1. The fraction of sp³-hybridized carbons (Fsp3) is 0.269. The molecule has 0 bridgehead atoms. The minimum atomic E-state index is -0.962. The van der Waals surface area contributed by atoms with E-state index in [2.05, 4.69) is 4.98 Å². The van der Waals surface area contributed by atoms with Gasteiger partial charge in [0.1, 0.15) is 17.6 Å². The number of carbonyl (C=O) groups is 2. The van der Waals surface area contributed by atoms with Crippen LogP contribution in [0.15, 0.2) is 66.8 Å². The molecule has 5 rings (SSSR count). The first-order valence-electron chi connectivity index (χ1n) is 11.6. The molecule has 0 saturated carbocycles. The molecule has 1 amide bonds. The molecule has 2 aromatic carbocycles. The zero-order valence-corrected chi connectivity index (χ0v) is 19.5. The van der Waals surface area contributed by atoms with Gasteiger partial charge in [-0.2, -0.15) is 0 Å². The number of hydrogen-bond acceptors (Lipinski definition) is 7. The van der Waals surface area contributed by atoms with Crippen LogP contribution in [0.2, 0.25) is 0 Å². The molecule has 1 N–H and O–H groups in total. The third kappa shape index (κ3) is 4.21. The number of rotatable bonds is 7. The number of imidazole rings is 1. The highest BCUT2D eigenvalue weighted by molar-refractivity contribution is 6.46. The van der Waals surface area contributed by atoms with Crippen LogP contribution in [0.1, 0.15) is 36.1 Å². The zero-order chi connectivity index (χ0) is 25.4. The van der Waals surface area contributed by atoms with Gasteiger partial charge in [-0.05, 0) is 42.7 Å². The molecule has 0 radical (unpaired) electrons. The maximum atomic E-state index is 13.2. The second-order valence-corrected chi connectivity index (χ2v) is 8.95. The molecule has 184 valence electrons. The highest BCUT2D eigenvalue weighted by atomic mass is 16.6. The van der Waals surface area contributed by atoms with Crippen molar-refractivity contribution >= 4 is 23.1 Å². The number of likely N-dealkylation sites (tertiary alicyclic amines) is 1. The van der Waals surface area contributed by atoms with Gasteiger partial charge < -0.3 is 19.3 Å². The number of nitro groups is 1. The van der Waals surface area contributed by atoms with Crippen molar-refractivity contribution in [1.29, 1.82) is 0 Å². The first-order chi connectivity index (χ1) is 17.3. The Hall–Kier alpha value is -4.47. The fourth-order valence-electron chi connectivity index (χ4n) is 4.83. The minimum Gasteiger partial charge on any atom is -0.507 e. The molecular formula is C26H24N4O6. The number of fused-ring (bicyclic) bond motifs is 1. The standard InChI is InChI=1S/C26H24N4O6/c1-16-12-19-13-18(6-7-21(19)36-16)24(31)22-23(17-4-2-5-20(14-17)30(34)35)29(26(33)25(22)32)10-3-9-28-11-8-27-15-28/h2,4-8,11,13-16,23,31H,3,9-10,12H2,1H3/t16-,23-/m1/s1. The highest BCUT2D eigenvalue weighted by Gasteiger charge is 2.46. The van der Waals surface area contributed by atoms with Gasteiger partial charge in [0.2, 0.25) is 0 Å². The third-order valence-corrected chi connectivity index (χ3v) is 6.48. The molecule has 1 fully saturated rings. The number of nitrogens with zero attached hydrogens (tertiary/aromatic N) is 4. The van der Waals surface area contributed by atoms with E-state index in [4.69, 9.17) is 4.74 Å². The van der Waals surface area contributed by atoms with Crippen molar-refractivity contribution in [1.82, 2.24) is 14.5 Å². The number of ketones is 1. The molecule has 0 aliphatic carbocycles. The number of carbonyl (C=O) groups excluding carboxylic acids is 2. The van der Waals surface area contributed by atoms with Crippen LogP contribution in [0.4, 0.5) is 5.69 Å². The summed E-state index contributed by atoms with van der Waals surface area (Å²) in [6.07, 6.45) is 6.28. The first-order valence-corrected chi connectivity index (χ1v) is 11.6. The summed E-state index contributed by atoms with van der Waals surface area (Å²) >= 11 is 0. The van der Waals surface area contributed by atoms with Crippen molar-refractivity contribution in [3.8, 4) is 5.75 Å². The van der Waals surface area contributed by atoms with Crippen molar-refractivity contribution in [2.24, 2.45) is 0 Å². The number of hydrogen-bond donors (Lipinski definition) is 1. The average Bonchev–Trinajstić information content (AvgIpc) is 3.57. The molecule has 2 atom stereocenters. The van der Waals surface area contributed by atoms with E-state index in [9.17, 15) is 24.8 Å². The predicted molar refractivity (Wildman–Crippen MR) is 129 cm³/mol. The number of aliphatic hydroxyl groups is 1. The number of nitro benzene ring substituents is 1. The van der Waals surface area contributed by atoms with E-state index in [1.54, 1.807) is 43.0 Å². The number of aromatic nitrogens is 2. The van der Waals surface area contributed by atoms with Gasteiger partial charge >= 0.3 is 0 Å². The largest absolute Gasteiger partial charge is 0.507 e. The number of amides is 1. The lowest BCUT2D eigenvalue weighted by atomic mass is 9.94. The van der Waals surface area contributed by atoms with Crippen molar-refractivity contribution < 1.29 is 24.4 Å². The lowest BCUT2D eigenvalue weighted by Crippen LogP contribution is -2.31. The molecular weight excluding hydrogens is 464 g/mol. The number of non-ortho nitro benzene ring substituents is 1. The van der Waals surface area contributed by atoms with Crippen molar-refractivity contribution in [3.63, 3.8) is 0 Å². The van der Waals surface area contributed by atoms with Crippen molar-refractivity contribution in [2.45, 2.75) is 38.5 Å². The van der Waals surface area contributed by atoms with Gasteiger partial charge in [0.15, 0.2) is 0 Å². The third-order valence-electron chi connectivity index (χ3n) is 6.48. The molecule has 1 aromatic heterocycles. The van der Waals surface area contributed by atoms with Crippen LogP contribution in [0.5, 0.6) is 5.75 Å². The topological polar surface area (TPSA) is 128 Å². The Kier molecular flexibility index (Phi) is 6.01. The van der Waals surface area contributed by atoms with Gasteiger partial charge in [-0.1, -0.05) is 12.1 Å². The highest BCUT2D eigenvalue weighted by Crippen LogP contribution is 2.41. The van der Waals surface area contributed by atoms with Gasteiger partial charge in [0.25, 0.3) is 17.4 Å². The summed E-state index contributed by atoms with van der Waals surface area (Å²) in [6, 6.07) is 9.98. The SMILES string of the molecule is C[C@@H]1Cc2cc(C(O)=C3C(=O)C(=O)N(CCCn4ccnc4)[C@@H]3c3cccc([N+](=O)[O-])c3)ccc2O1. The molecule has 0 unspecified atom stereocenters. The van der Waals surface area contributed by atoms with Crippen LogP contribution in [0.3, 0.4) is 0 Å². The molecule has 2 aliphatic heterocycles. The monoisotopic (exact) mass is 488 g/mol. The summed E-state index contributed by atoms with van der Waals surface area (Å²) in [4.78, 5) is 42.6. The molecule has 10 heteroatoms. The van der Waals surface area contributed by atoms with Gasteiger partial charge in [0, 0.05) is 49.6 Å². The van der Waals surface area contributed by atoms with E-state index in [1.807, 2.05) is 11.5 Å². The van der Waals surface area contributed by atoms with Crippen LogP contribution in [0, 0.1) is 10.1 Å². The summed E-state index contributed by atoms with van der Waals surface area (Å²) in [5.74, 6) is -1.17. The van der Waals surface area contributed by atoms with Gasteiger partial charge in [-0.15, -0.1) is 0 Å². The maximum Gasteiger partial charge on any atom is 0.295 e. The maximum absolute atomic E-state index is 13.2. The average molecular weight is 489 g/mol.